The lowest BCUT2D eigenvalue weighted by Crippen LogP contribution is -2.09. The van der Waals surface area contributed by atoms with Crippen LogP contribution in [0, 0.1) is 18.6 Å². The van der Waals surface area contributed by atoms with Crippen molar-refractivity contribution in [2.24, 2.45) is 0 Å². The highest BCUT2D eigenvalue weighted by Gasteiger charge is 2.07. The highest BCUT2D eigenvalue weighted by molar-refractivity contribution is 7.71. The molecule has 0 aliphatic rings. The number of benzene rings is 1. The van der Waals surface area contributed by atoms with E-state index in [0.29, 0.717) is 4.77 Å². The summed E-state index contributed by atoms with van der Waals surface area (Å²) in [6.45, 7) is 7.08. The quantitative estimate of drug-likeness (QED) is 0.827. The highest BCUT2D eigenvalue weighted by atomic mass is 32.1. The van der Waals surface area contributed by atoms with E-state index < -0.39 is 0 Å². The molecule has 3 nitrogen and oxygen atoms in total. The molecule has 0 aliphatic carbocycles. The van der Waals surface area contributed by atoms with Crippen LogP contribution in [0.15, 0.2) is 12.1 Å². The smallest absolute Gasteiger partial charge is 0.201 e. The summed E-state index contributed by atoms with van der Waals surface area (Å²) in [4.78, 5) is 4.45. The van der Waals surface area contributed by atoms with Crippen LogP contribution >= 0.6 is 12.2 Å². The Morgan fingerprint density at radius 2 is 1.94 bits per heavy atom. The molecular formula is C13H17N3S. The Hall–Kier alpha value is -1.42. The van der Waals surface area contributed by atoms with Gasteiger partial charge < -0.3 is 10.3 Å². The Kier molecular flexibility index (Phi) is 3.15. The molecule has 0 amide bonds. The Balaban J connectivity index is 2.82. The van der Waals surface area contributed by atoms with E-state index in [1.165, 1.54) is 11.1 Å². The maximum atomic E-state index is 6.18. The predicted octanol–water partition coefficient (Wildman–Crippen LogP) is 3.37. The first-order chi connectivity index (χ1) is 8.04. The van der Waals surface area contributed by atoms with E-state index in [9.17, 15) is 0 Å². The average molecular weight is 247 g/mol. The van der Waals surface area contributed by atoms with Crippen LogP contribution in [-0.4, -0.2) is 9.55 Å². The van der Waals surface area contributed by atoms with Crippen LogP contribution in [0.1, 0.15) is 24.5 Å². The lowest BCUT2D eigenvalue weighted by atomic mass is 10.1. The summed E-state index contributed by atoms with van der Waals surface area (Å²) in [6.07, 6.45) is 0.997. The van der Waals surface area contributed by atoms with Gasteiger partial charge in [0.05, 0.1) is 5.52 Å². The second kappa shape index (κ2) is 4.45. The van der Waals surface area contributed by atoms with E-state index in [-0.39, 0.29) is 0 Å². The summed E-state index contributed by atoms with van der Waals surface area (Å²) >= 11 is 5.28. The van der Waals surface area contributed by atoms with Crippen LogP contribution in [0.3, 0.4) is 0 Å². The molecule has 1 aromatic heterocycles. The molecule has 1 heterocycles. The van der Waals surface area contributed by atoms with Crippen molar-refractivity contribution in [3.8, 4) is 0 Å². The minimum atomic E-state index is 0.570. The van der Waals surface area contributed by atoms with Crippen LogP contribution in [0.4, 0.5) is 5.82 Å². The number of fused-ring (bicyclic) bond motifs is 1. The number of nitrogens with two attached hydrogens (primary N) is 1. The van der Waals surface area contributed by atoms with E-state index in [4.69, 9.17) is 18.0 Å². The molecule has 0 bridgehead atoms. The normalized spacial score (nSPS) is 11.0. The third-order valence-corrected chi connectivity index (χ3v) is 3.38. The van der Waals surface area contributed by atoms with Crippen molar-refractivity contribution < 1.29 is 0 Å². The van der Waals surface area contributed by atoms with Gasteiger partial charge in [-0.1, -0.05) is 6.92 Å². The van der Waals surface area contributed by atoms with Crippen molar-refractivity contribution in [2.45, 2.75) is 33.7 Å². The summed E-state index contributed by atoms with van der Waals surface area (Å²) in [7, 11) is 0. The molecule has 0 unspecified atom stereocenters. The van der Waals surface area contributed by atoms with Gasteiger partial charge in [0.2, 0.25) is 4.77 Å². The monoisotopic (exact) mass is 247 g/mol. The first kappa shape index (κ1) is 12.0. The number of rotatable bonds is 2. The minimum absolute atomic E-state index is 0.570. The van der Waals surface area contributed by atoms with Crippen molar-refractivity contribution in [1.82, 2.24) is 9.55 Å². The number of nitrogen functional groups attached to an aromatic ring is 1. The molecule has 2 aromatic rings. The lowest BCUT2D eigenvalue weighted by Gasteiger charge is -2.13. The van der Waals surface area contributed by atoms with Gasteiger partial charge in [-0.2, -0.15) is 0 Å². The van der Waals surface area contributed by atoms with E-state index >= 15 is 0 Å². The van der Waals surface area contributed by atoms with E-state index in [0.717, 1.165) is 29.7 Å². The van der Waals surface area contributed by atoms with Gasteiger partial charge in [-0.15, -0.1) is 0 Å². The van der Waals surface area contributed by atoms with Crippen molar-refractivity contribution in [3.05, 3.63) is 28.0 Å². The molecule has 0 saturated carbocycles. The standard InChI is InChI=1S/C13H17N3S/c1-4-5-16-12(14)10-6-8(2)9(3)7-11(10)15-13(16)17/h6-7H,4-5,14H2,1-3H3. The molecule has 0 saturated heterocycles. The van der Waals surface area contributed by atoms with Gasteiger partial charge in [0, 0.05) is 11.9 Å². The second-order valence-corrected chi connectivity index (χ2v) is 4.75. The number of hydrogen-bond donors (Lipinski definition) is 1. The SMILES string of the molecule is CCCn1c(N)c2cc(C)c(C)cc2nc1=S. The number of aryl methyl sites for hydroxylation is 2. The molecule has 17 heavy (non-hydrogen) atoms. The zero-order valence-electron chi connectivity index (χ0n) is 10.4. The Morgan fingerprint density at radius 1 is 1.29 bits per heavy atom. The zero-order chi connectivity index (χ0) is 12.6. The predicted molar refractivity (Wildman–Crippen MR) is 74.7 cm³/mol. The van der Waals surface area contributed by atoms with Crippen LogP contribution in [-0.2, 0) is 6.54 Å². The lowest BCUT2D eigenvalue weighted by molar-refractivity contribution is 0.666. The van der Waals surface area contributed by atoms with Gasteiger partial charge in [0.25, 0.3) is 0 Å². The summed E-state index contributed by atoms with van der Waals surface area (Å²) in [5.41, 5.74) is 9.52. The van der Waals surface area contributed by atoms with E-state index in [1.807, 2.05) is 10.6 Å². The van der Waals surface area contributed by atoms with Gasteiger partial charge in [-0.05, 0) is 55.7 Å². The van der Waals surface area contributed by atoms with Crippen molar-refractivity contribution >= 4 is 28.9 Å². The fourth-order valence-corrected chi connectivity index (χ4v) is 2.24. The van der Waals surface area contributed by atoms with Crippen molar-refractivity contribution in [1.29, 1.82) is 0 Å². The van der Waals surface area contributed by atoms with Gasteiger partial charge in [0.15, 0.2) is 0 Å². The summed E-state index contributed by atoms with van der Waals surface area (Å²) in [5.74, 6) is 0.727. The number of hydrogen-bond acceptors (Lipinski definition) is 3. The van der Waals surface area contributed by atoms with Crippen molar-refractivity contribution in [3.63, 3.8) is 0 Å². The Morgan fingerprint density at radius 3 is 2.59 bits per heavy atom. The number of anilines is 1. The largest absolute Gasteiger partial charge is 0.384 e. The average Bonchev–Trinajstić information content (AvgIpc) is 2.28. The first-order valence-corrected chi connectivity index (χ1v) is 6.22. The van der Waals surface area contributed by atoms with Gasteiger partial charge in [-0.25, -0.2) is 4.98 Å². The van der Waals surface area contributed by atoms with Crippen LogP contribution in [0.25, 0.3) is 10.9 Å². The third-order valence-electron chi connectivity index (χ3n) is 3.07. The van der Waals surface area contributed by atoms with Gasteiger partial charge >= 0.3 is 0 Å². The Bertz CT molecular complexity index is 629. The van der Waals surface area contributed by atoms with Crippen LogP contribution in [0.5, 0.6) is 0 Å². The fraction of sp³-hybridized carbons (Fsp3) is 0.385. The summed E-state index contributed by atoms with van der Waals surface area (Å²) < 4.78 is 2.48. The Labute approximate surface area is 106 Å². The minimum Gasteiger partial charge on any atom is -0.384 e. The molecular weight excluding hydrogens is 230 g/mol. The highest BCUT2D eigenvalue weighted by Crippen LogP contribution is 2.23. The summed E-state index contributed by atoms with van der Waals surface area (Å²) in [5, 5.41) is 0.996. The molecule has 0 fully saturated rings. The maximum absolute atomic E-state index is 6.18. The molecule has 4 heteroatoms. The molecule has 90 valence electrons. The van der Waals surface area contributed by atoms with Crippen LogP contribution < -0.4 is 5.73 Å². The zero-order valence-corrected chi connectivity index (χ0v) is 11.3. The molecule has 1 aromatic carbocycles. The first-order valence-electron chi connectivity index (χ1n) is 5.82. The topological polar surface area (TPSA) is 43.8 Å². The molecule has 0 spiro atoms. The molecule has 0 atom stereocenters. The molecule has 2 N–H and O–H groups in total. The molecule has 0 aliphatic heterocycles. The van der Waals surface area contributed by atoms with Gasteiger partial charge in [-0.3, -0.25) is 0 Å². The molecule has 0 radical (unpaired) electrons. The number of aromatic nitrogens is 2. The molecule has 2 rings (SSSR count). The van der Waals surface area contributed by atoms with Crippen molar-refractivity contribution in [2.75, 3.05) is 5.73 Å². The fourth-order valence-electron chi connectivity index (χ4n) is 1.95. The van der Waals surface area contributed by atoms with Crippen LogP contribution in [0.2, 0.25) is 0 Å². The van der Waals surface area contributed by atoms with Gasteiger partial charge in [0.1, 0.15) is 5.82 Å². The third kappa shape index (κ3) is 2.05. The maximum Gasteiger partial charge on any atom is 0.201 e. The number of nitrogens with zero attached hydrogens (tertiary/aromatic N) is 2. The summed E-state index contributed by atoms with van der Waals surface area (Å²) in [6, 6.07) is 4.14. The second-order valence-electron chi connectivity index (χ2n) is 4.38. The van der Waals surface area contributed by atoms with E-state index in [1.54, 1.807) is 0 Å². The van der Waals surface area contributed by atoms with E-state index in [2.05, 4.69) is 31.8 Å².